The molecule has 0 radical (unpaired) electrons. The molecule has 0 bridgehead atoms. The highest BCUT2D eigenvalue weighted by atomic mass is 16.5. The Labute approximate surface area is 101 Å². The van der Waals surface area contributed by atoms with E-state index in [0.29, 0.717) is 6.54 Å². The van der Waals surface area contributed by atoms with Crippen molar-refractivity contribution in [2.45, 2.75) is 13.5 Å². The van der Waals surface area contributed by atoms with Crippen molar-refractivity contribution in [2.75, 3.05) is 13.7 Å². The number of methoxy groups -OCH3 is 1. The van der Waals surface area contributed by atoms with Gasteiger partial charge in [0.05, 0.1) is 25.3 Å². The molecule has 0 aliphatic carbocycles. The van der Waals surface area contributed by atoms with Gasteiger partial charge in [0.1, 0.15) is 5.75 Å². The van der Waals surface area contributed by atoms with Crippen molar-refractivity contribution in [1.29, 1.82) is 0 Å². The predicted octanol–water partition coefficient (Wildman–Crippen LogP) is 1.83. The average Bonchev–Trinajstić information content (AvgIpc) is 2.77. The normalized spacial score (nSPS) is 10.5. The molecule has 0 spiro atoms. The van der Waals surface area contributed by atoms with Gasteiger partial charge in [0.25, 0.3) is 0 Å². The van der Waals surface area contributed by atoms with Crippen LogP contribution >= 0.6 is 0 Å². The van der Waals surface area contributed by atoms with Crippen LogP contribution in [0.3, 0.4) is 0 Å². The van der Waals surface area contributed by atoms with Crippen LogP contribution in [0.25, 0.3) is 11.3 Å². The zero-order valence-electron chi connectivity index (χ0n) is 10.2. The fraction of sp³-hybridized carbons (Fsp3) is 0.308. The maximum Gasteiger partial charge on any atom is 0.128 e. The minimum absolute atomic E-state index is 0.595. The smallest absolute Gasteiger partial charge is 0.128 e. The van der Waals surface area contributed by atoms with Gasteiger partial charge in [-0.05, 0) is 19.1 Å². The maximum atomic E-state index is 5.59. The molecule has 0 aliphatic heterocycles. The van der Waals surface area contributed by atoms with Gasteiger partial charge in [-0.2, -0.15) is 0 Å². The van der Waals surface area contributed by atoms with Crippen LogP contribution in [-0.2, 0) is 6.54 Å². The van der Waals surface area contributed by atoms with Crippen LogP contribution < -0.4 is 10.5 Å². The summed E-state index contributed by atoms with van der Waals surface area (Å²) in [4.78, 5) is 4.17. The van der Waals surface area contributed by atoms with E-state index < -0.39 is 0 Å². The SMILES string of the molecule is COc1ccc(C)cc1-c1cncn1CCN. The molecule has 4 heteroatoms. The fourth-order valence-corrected chi connectivity index (χ4v) is 1.88. The Kier molecular flexibility index (Phi) is 3.44. The fourth-order valence-electron chi connectivity index (χ4n) is 1.88. The molecule has 4 nitrogen and oxygen atoms in total. The minimum Gasteiger partial charge on any atom is -0.496 e. The summed E-state index contributed by atoms with van der Waals surface area (Å²) in [6.07, 6.45) is 3.64. The highest BCUT2D eigenvalue weighted by Gasteiger charge is 2.10. The Morgan fingerprint density at radius 1 is 1.41 bits per heavy atom. The molecule has 0 unspecified atom stereocenters. The molecule has 1 aromatic carbocycles. The third kappa shape index (κ3) is 2.31. The van der Waals surface area contributed by atoms with E-state index >= 15 is 0 Å². The first-order valence-corrected chi connectivity index (χ1v) is 5.61. The third-order valence-corrected chi connectivity index (χ3v) is 2.71. The molecule has 0 fully saturated rings. The summed E-state index contributed by atoms with van der Waals surface area (Å²) in [5, 5.41) is 0. The van der Waals surface area contributed by atoms with E-state index in [0.717, 1.165) is 23.6 Å². The third-order valence-electron chi connectivity index (χ3n) is 2.71. The molecule has 0 aliphatic rings. The molecule has 17 heavy (non-hydrogen) atoms. The van der Waals surface area contributed by atoms with Gasteiger partial charge in [-0.15, -0.1) is 0 Å². The molecular formula is C13H17N3O. The second-order valence-corrected chi connectivity index (χ2v) is 3.96. The van der Waals surface area contributed by atoms with Gasteiger partial charge in [0, 0.05) is 18.7 Å². The quantitative estimate of drug-likeness (QED) is 0.873. The van der Waals surface area contributed by atoms with Gasteiger partial charge in [-0.25, -0.2) is 4.98 Å². The molecule has 2 aromatic rings. The topological polar surface area (TPSA) is 53.1 Å². The lowest BCUT2D eigenvalue weighted by Crippen LogP contribution is -2.10. The van der Waals surface area contributed by atoms with Crippen molar-refractivity contribution < 1.29 is 4.74 Å². The molecule has 90 valence electrons. The van der Waals surface area contributed by atoms with Crippen molar-refractivity contribution in [3.63, 3.8) is 0 Å². The number of hydrogen-bond donors (Lipinski definition) is 1. The van der Waals surface area contributed by atoms with E-state index in [9.17, 15) is 0 Å². The largest absolute Gasteiger partial charge is 0.496 e. The molecule has 0 atom stereocenters. The summed E-state index contributed by atoms with van der Waals surface area (Å²) in [5.74, 6) is 0.856. The molecule has 0 amide bonds. The first-order valence-electron chi connectivity index (χ1n) is 5.61. The number of aromatic nitrogens is 2. The summed E-state index contributed by atoms with van der Waals surface area (Å²) in [6.45, 7) is 3.41. The Balaban J connectivity index is 2.51. The molecule has 2 N–H and O–H groups in total. The van der Waals surface area contributed by atoms with E-state index in [1.54, 1.807) is 13.4 Å². The van der Waals surface area contributed by atoms with Crippen molar-refractivity contribution >= 4 is 0 Å². The molecule has 0 saturated carbocycles. The van der Waals surface area contributed by atoms with Crippen LogP contribution in [0, 0.1) is 6.92 Å². The standard InChI is InChI=1S/C13H17N3O/c1-10-3-4-13(17-2)11(7-10)12-8-15-9-16(12)6-5-14/h3-4,7-9H,5-6,14H2,1-2H3. The van der Waals surface area contributed by atoms with Crippen LogP contribution in [0.5, 0.6) is 5.75 Å². The average molecular weight is 231 g/mol. The van der Waals surface area contributed by atoms with Crippen LogP contribution in [0.2, 0.25) is 0 Å². The highest BCUT2D eigenvalue weighted by Crippen LogP contribution is 2.30. The second-order valence-electron chi connectivity index (χ2n) is 3.96. The van der Waals surface area contributed by atoms with Gasteiger partial charge < -0.3 is 15.0 Å². The number of nitrogens with zero attached hydrogens (tertiary/aromatic N) is 2. The monoisotopic (exact) mass is 231 g/mol. The lowest BCUT2D eigenvalue weighted by Gasteiger charge is -2.11. The molecular weight excluding hydrogens is 214 g/mol. The Morgan fingerprint density at radius 2 is 2.24 bits per heavy atom. The summed E-state index contributed by atoms with van der Waals surface area (Å²) in [7, 11) is 1.68. The van der Waals surface area contributed by atoms with Crippen LogP contribution in [0.4, 0.5) is 0 Å². The zero-order chi connectivity index (χ0) is 12.3. The molecule has 0 saturated heterocycles. The summed E-state index contributed by atoms with van der Waals surface area (Å²) in [5.41, 5.74) is 8.88. The van der Waals surface area contributed by atoms with Crippen molar-refractivity contribution in [3.05, 3.63) is 36.3 Å². The van der Waals surface area contributed by atoms with Gasteiger partial charge in [0.2, 0.25) is 0 Å². The zero-order valence-corrected chi connectivity index (χ0v) is 10.2. The number of nitrogens with two attached hydrogens (primary N) is 1. The molecule has 1 heterocycles. The maximum absolute atomic E-state index is 5.59. The van der Waals surface area contributed by atoms with Gasteiger partial charge in [-0.3, -0.25) is 0 Å². The lowest BCUT2D eigenvalue weighted by atomic mass is 10.1. The Morgan fingerprint density at radius 3 is 2.94 bits per heavy atom. The number of hydrogen-bond acceptors (Lipinski definition) is 3. The second kappa shape index (κ2) is 5.01. The molecule has 1 aromatic heterocycles. The van der Waals surface area contributed by atoms with E-state index in [1.807, 2.05) is 22.9 Å². The number of imidazole rings is 1. The van der Waals surface area contributed by atoms with Gasteiger partial charge in [-0.1, -0.05) is 11.6 Å². The highest BCUT2D eigenvalue weighted by molar-refractivity contribution is 5.68. The predicted molar refractivity (Wildman–Crippen MR) is 68.0 cm³/mol. The first-order chi connectivity index (χ1) is 8.26. The van der Waals surface area contributed by atoms with Crippen molar-refractivity contribution in [2.24, 2.45) is 5.73 Å². The minimum atomic E-state index is 0.595. The van der Waals surface area contributed by atoms with E-state index in [-0.39, 0.29) is 0 Å². The van der Waals surface area contributed by atoms with Crippen LogP contribution in [-0.4, -0.2) is 23.2 Å². The molecule has 2 rings (SSSR count). The number of aryl methyl sites for hydroxylation is 1. The van der Waals surface area contributed by atoms with E-state index in [1.165, 1.54) is 5.56 Å². The summed E-state index contributed by atoms with van der Waals surface area (Å²) >= 11 is 0. The Hall–Kier alpha value is -1.81. The van der Waals surface area contributed by atoms with Gasteiger partial charge in [0.15, 0.2) is 0 Å². The number of ether oxygens (including phenoxy) is 1. The first kappa shape index (κ1) is 11.7. The van der Waals surface area contributed by atoms with E-state index in [2.05, 4.69) is 18.0 Å². The van der Waals surface area contributed by atoms with E-state index in [4.69, 9.17) is 10.5 Å². The van der Waals surface area contributed by atoms with Crippen molar-refractivity contribution in [3.8, 4) is 17.0 Å². The number of benzene rings is 1. The van der Waals surface area contributed by atoms with Crippen LogP contribution in [0.1, 0.15) is 5.56 Å². The number of rotatable bonds is 4. The van der Waals surface area contributed by atoms with Crippen LogP contribution in [0.15, 0.2) is 30.7 Å². The lowest BCUT2D eigenvalue weighted by molar-refractivity contribution is 0.416. The van der Waals surface area contributed by atoms with Crippen molar-refractivity contribution in [1.82, 2.24) is 9.55 Å². The summed E-state index contributed by atoms with van der Waals surface area (Å²) in [6, 6.07) is 6.11. The Bertz CT molecular complexity index is 505. The summed E-state index contributed by atoms with van der Waals surface area (Å²) < 4.78 is 7.42. The van der Waals surface area contributed by atoms with Gasteiger partial charge >= 0.3 is 0 Å².